The van der Waals surface area contributed by atoms with Crippen molar-refractivity contribution in [2.45, 2.75) is 0 Å². The second kappa shape index (κ2) is 7.58. The number of nitrogens with one attached hydrogen (secondary N) is 1. The Bertz CT molecular complexity index is 1070. The van der Waals surface area contributed by atoms with Gasteiger partial charge in [0.1, 0.15) is 6.33 Å². The number of nitrogens with zero attached hydrogens (tertiary/aromatic N) is 4. The van der Waals surface area contributed by atoms with Crippen molar-refractivity contribution in [1.29, 1.82) is 0 Å². The minimum atomic E-state index is -1.18. The molecule has 1 aromatic carbocycles. The van der Waals surface area contributed by atoms with E-state index in [2.05, 4.69) is 20.3 Å². The first-order valence-corrected chi connectivity index (χ1v) is 8.00. The molecule has 2 aromatic heterocycles. The van der Waals surface area contributed by atoms with Gasteiger partial charge in [0, 0.05) is 24.9 Å². The van der Waals surface area contributed by atoms with Crippen LogP contribution in [0.5, 0.6) is 0 Å². The number of Topliss-reactive ketones (excluding diaryl/α,β-unsaturated/α-hetero) is 1. The van der Waals surface area contributed by atoms with Gasteiger partial charge >= 0.3 is 0 Å². The molecule has 0 spiro atoms. The molecule has 3 rings (SSSR count). The average Bonchev–Trinajstić information content (AvgIpc) is 2.66. The van der Waals surface area contributed by atoms with Crippen LogP contribution in [0.15, 0.2) is 41.6 Å². The molecule has 0 atom stereocenters. The van der Waals surface area contributed by atoms with E-state index in [4.69, 9.17) is 11.6 Å². The van der Waals surface area contributed by atoms with Crippen molar-refractivity contribution < 1.29 is 13.6 Å². The van der Waals surface area contributed by atoms with Crippen molar-refractivity contribution in [2.24, 2.45) is 7.05 Å². The van der Waals surface area contributed by atoms with E-state index in [0.717, 1.165) is 12.1 Å². The molecule has 0 aliphatic heterocycles. The molecule has 10 heteroatoms. The van der Waals surface area contributed by atoms with Gasteiger partial charge in [-0.1, -0.05) is 11.6 Å². The van der Waals surface area contributed by atoms with Crippen LogP contribution in [0.4, 0.5) is 14.7 Å². The molecular weight excluding hydrogens is 380 g/mol. The lowest BCUT2D eigenvalue weighted by atomic mass is 10.1. The van der Waals surface area contributed by atoms with Gasteiger partial charge < -0.3 is 5.32 Å². The molecule has 0 aliphatic rings. The zero-order valence-corrected chi connectivity index (χ0v) is 14.7. The third-order valence-corrected chi connectivity index (χ3v) is 4.01. The van der Waals surface area contributed by atoms with Crippen LogP contribution >= 0.6 is 11.6 Å². The van der Waals surface area contributed by atoms with Gasteiger partial charge in [0.2, 0.25) is 5.95 Å². The highest BCUT2D eigenvalue weighted by molar-refractivity contribution is 6.34. The summed E-state index contributed by atoms with van der Waals surface area (Å²) in [4.78, 5) is 36.5. The molecule has 0 saturated heterocycles. The van der Waals surface area contributed by atoms with E-state index in [0.29, 0.717) is 11.4 Å². The first-order chi connectivity index (χ1) is 12.9. The predicted molar refractivity (Wildman–Crippen MR) is 94.7 cm³/mol. The Morgan fingerprint density at radius 3 is 2.67 bits per heavy atom. The van der Waals surface area contributed by atoms with E-state index in [-0.39, 0.29) is 28.6 Å². The Balaban J connectivity index is 1.86. The number of ketones is 1. The zero-order chi connectivity index (χ0) is 19.6. The van der Waals surface area contributed by atoms with Crippen LogP contribution in [0.1, 0.15) is 10.4 Å². The number of rotatable bonds is 5. The van der Waals surface area contributed by atoms with Crippen LogP contribution in [0, 0.1) is 11.6 Å². The molecule has 3 aromatic rings. The summed E-state index contributed by atoms with van der Waals surface area (Å²) < 4.78 is 27.7. The molecule has 0 amide bonds. The van der Waals surface area contributed by atoms with Gasteiger partial charge in [0.05, 0.1) is 23.0 Å². The number of benzene rings is 1. The molecule has 0 aliphatic carbocycles. The largest absolute Gasteiger partial charge is 0.348 e. The van der Waals surface area contributed by atoms with Crippen LogP contribution < -0.4 is 10.9 Å². The number of hydrogen-bond acceptors (Lipinski definition) is 6. The standard InChI is InChI=1S/C17H12ClF2N5O2/c1-25-16(27)6-14(13-2-3-21-8-23-13)24-17(25)22-7-15(26)9-4-11(19)12(20)5-10(9)18/h2-6,8H,7H2,1H3,(H,22,24). The van der Waals surface area contributed by atoms with Gasteiger partial charge in [-0.3, -0.25) is 14.2 Å². The maximum absolute atomic E-state index is 13.4. The van der Waals surface area contributed by atoms with Gasteiger partial charge in [0.25, 0.3) is 5.56 Å². The fraction of sp³-hybridized carbons (Fsp3) is 0.118. The second-order valence-electron chi connectivity index (χ2n) is 5.48. The Hall–Kier alpha value is -3.20. The van der Waals surface area contributed by atoms with Crippen molar-refractivity contribution >= 4 is 23.3 Å². The van der Waals surface area contributed by atoms with Crippen LogP contribution in [0.3, 0.4) is 0 Å². The number of hydrogen-bond donors (Lipinski definition) is 1. The summed E-state index contributed by atoms with van der Waals surface area (Å²) in [6, 6.07) is 4.33. The minimum Gasteiger partial charge on any atom is -0.348 e. The highest BCUT2D eigenvalue weighted by Gasteiger charge is 2.16. The lowest BCUT2D eigenvalue weighted by Gasteiger charge is -2.11. The van der Waals surface area contributed by atoms with Crippen molar-refractivity contribution in [1.82, 2.24) is 19.5 Å². The molecule has 0 unspecified atom stereocenters. The summed E-state index contributed by atoms with van der Waals surface area (Å²) in [6.07, 6.45) is 2.82. The summed E-state index contributed by atoms with van der Waals surface area (Å²) in [5.74, 6) is -2.83. The van der Waals surface area contributed by atoms with Gasteiger partial charge in [-0.2, -0.15) is 0 Å². The van der Waals surface area contributed by atoms with E-state index in [1.54, 1.807) is 6.07 Å². The van der Waals surface area contributed by atoms with Crippen LogP contribution in [-0.4, -0.2) is 31.8 Å². The Labute approximate surface area is 156 Å². The Morgan fingerprint density at radius 1 is 1.22 bits per heavy atom. The van der Waals surface area contributed by atoms with Gasteiger partial charge in [-0.15, -0.1) is 0 Å². The Kier molecular flexibility index (Phi) is 5.22. The third-order valence-electron chi connectivity index (χ3n) is 3.70. The topological polar surface area (TPSA) is 89.8 Å². The molecule has 0 saturated carbocycles. The number of anilines is 1. The molecular formula is C17H12ClF2N5O2. The second-order valence-corrected chi connectivity index (χ2v) is 5.89. The normalized spacial score (nSPS) is 10.7. The van der Waals surface area contributed by atoms with E-state index in [1.165, 1.54) is 30.2 Å². The van der Waals surface area contributed by atoms with Crippen molar-refractivity contribution in [3.05, 3.63) is 69.4 Å². The summed E-state index contributed by atoms with van der Waals surface area (Å²) in [6.45, 7) is -0.335. The molecule has 138 valence electrons. The smallest absolute Gasteiger partial charge is 0.255 e. The van der Waals surface area contributed by atoms with E-state index < -0.39 is 17.4 Å². The number of carbonyl (C=O) groups is 1. The maximum atomic E-state index is 13.4. The first-order valence-electron chi connectivity index (χ1n) is 7.63. The van der Waals surface area contributed by atoms with E-state index in [9.17, 15) is 18.4 Å². The van der Waals surface area contributed by atoms with Crippen LogP contribution in [0.25, 0.3) is 11.4 Å². The monoisotopic (exact) mass is 391 g/mol. The van der Waals surface area contributed by atoms with Gasteiger partial charge in [0.15, 0.2) is 17.4 Å². The SMILES string of the molecule is Cn1c(NCC(=O)c2cc(F)c(F)cc2Cl)nc(-c2ccncn2)cc1=O. The Morgan fingerprint density at radius 2 is 1.96 bits per heavy atom. The van der Waals surface area contributed by atoms with Crippen LogP contribution in [0.2, 0.25) is 5.02 Å². The lowest BCUT2D eigenvalue weighted by molar-refractivity contribution is 0.101. The summed E-state index contributed by atoms with van der Waals surface area (Å²) >= 11 is 5.80. The van der Waals surface area contributed by atoms with Crippen molar-refractivity contribution in [2.75, 3.05) is 11.9 Å². The highest BCUT2D eigenvalue weighted by Crippen LogP contribution is 2.21. The summed E-state index contributed by atoms with van der Waals surface area (Å²) in [7, 11) is 1.47. The predicted octanol–water partition coefficient (Wildman–Crippen LogP) is 2.46. The zero-order valence-electron chi connectivity index (χ0n) is 13.9. The van der Waals surface area contributed by atoms with Gasteiger partial charge in [-0.25, -0.2) is 23.7 Å². The summed E-state index contributed by atoms with van der Waals surface area (Å²) in [5, 5.41) is 2.50. The molecule has 0 fully saturated rings. The number of carbonyl (C=O) groups excluding carboxylic acids is 1. The number of halogens is 3. The fourth-order valence-electron chi connectivity index (χ4n) is 2.26. The molecule has 0 bridgehead atoms. The minimum absolute atomic E-state index is 0.100. The lowest BCUT2D eigenvalue weighted by Crippen LogP contribution is -2.25. The quantitative estimate of drug-likeness (QED) is 0.531. The van der Waals surface area contributed by atoms with Crippen molar-refractivity contribution in [3.63, 3.8) is 0 Å². The third kappa shape index (κ3) is 3.98. The summed E-state index contributed by atoms with van der Waals surface area (Å²) in [5.41, 5.74) is 0.168. The number of aromatic nitrogens is 4. The molecule has 27 heavy (non-hydrogen) atoms. The van der Waals surface area contributed by atoms with Gasteiger partial charge in [-0.05, 0) is 18.2 Å². The average molecular weight is 392 g/mol. The van der Waals surface area contributed by atoms with Crippen molar-refractivity contribution in [3.8, 4) is 11.4 Å². The molecule has 1 N–H and O–H groups in total. The highest BCUT2D eigenvalue weighted by atomic mass is 35.5. The van der Waals surface area contributed by atoms with E-state index in [1.807, 2.05) is 0 Å². The first kappa shape index (κ1) is 18.6. The van der Waals surface area contributed by atoms with E-state index >= 15 is 0 Å². The molecule has 0 radical (unpaired) electrons. The maximum Gasteiger partial charge on any atom is 0.255 e. The molecule has 2 heterocycles. The van der Waals surface area contributed by atoms with Crippen LogP contribution in [-0.2, 0) is 7.05 Å². The molecule has 7 nitrogen and oxygen atoms in total. The fourth-order valence-corrected chi connectivity index (χ4v) is 2.52.